The van der Waals surface area contributed by atoms with Gasteiger partial charge in [-0.3, -0.25) is 14.7 Å². The molecule has 0 saturated carbocycles. The average Bonchev–Trinajstić information content (AvgIpc) is 2.34. The summed E-state index contributed by atoms with van der Waals surface area (Å²) in [6.45, 7) is 32.3. The molecule has 0 heterocycles. The molecule has 3 nitrogen and oxygen atoms in total. The van der Waals surface area contributed by atoms with Gasteiger partial charge in [-0.2, -0.15) is 0 Å². The van der Waals surface area contributed by atoms with E-state index in [9.17, 15) is 0 Å². The zero-order chi connectivity index (χ0) is 19.4. The number of rotatable bonds is 10. The van der Waals surface area contributed by atoms with E-state index in [1.165, 1.54) is 0 Å². The maximum Gasteiger partial charge on any atom is 0.132 e. The highest BCUT2D eigenvalue weighted by Crippen LogP contribution is 2.38. The van der Waals surface area contributed by atoms with E-state index in [0.29, 0.717) is 36.3 Å². The van der Waals surface area contributed by atoms with Gasteiger partial charge < -0.3 is 0 Å². The summed E-state index contributed by atoms with van der Waals surface area (Å²) in [7, 11) is 0. The van der Waals surface area contributed by atoms with Crippen LogP contribution in [0.4, 0.5) is 0 Å². The van der Waals surface area contributed by atoms with Gasteiger partial charge >= 0.3 is 0 Å². The third-order valence-electron chi connectivity index (χ3n) is 4.91. The van der Waals surface area contributed by atoms with Crippen molar-refractivity contribution in [2.24, 2.45) is 0 Å². The summed E-state index contributed by atoms with van der Waals surface area (Å²) in [6, 6.07) is 2.70. The summed E-state index contributed by atoms with van der Waals surface area (Å²) in [5, 5.41) is 0. The highest BCUT2D eigenvalue weighted by molar-refractivity contribution is 4.99. The van der Waals surface area contributed by atoms with Crippen molar-refractivity contribution in [3.63, 3.8) is 0 Å². The summed E-state index contributed by atoms with van der Waals surface area (Å²) < 4.78 is 0. The molecule has 0 bridgehead atoms. The molecule has 0 aromatic heterocycles. The first-order chi connectivity index (χ1) is 10.9. The van der Waals surface area contributed by atoms with Crippen LogP contribution in [0.2, 0.25) is 0 Å². The molecule has 0 aliphatic carbocycles. The van der Waals surface area contributed by atoms with Gasteiger partial charge in [0.1, 0.15) is 5.79 Å². The molecule has 0 aromatic rings. The average molecular weight is 341 g/mol. The van der Waals surface area contributed by atoms with E-state index in [-0.39, 0.29) is 5.79 Å². The molecule has 0 amide bonds. The first-order valence-corrected chi connectivity index (χ1v) is 10.0. The van der Waals surface area contributed by atoms with Crippen LogP contribution in [-0.2, 0) is 0 Å². The standard InChI is InChI=1S/C21H46N3/c1-14-21(22(15(2)3)16(4)5,23(17(6)7)18(8)9)24(19(10)11)20(12)13/h15-20H,1,14H2,2-13H3. The fraction of sp³-hybridized carbons (Fsp3) is 0.952. The second-order valence-corrected chi connectivity index (χ2v) is 8.81. The SMILES string of the molecule is [CH2]CC(N(C(C)C)C(C)C)(N(C(C)C)C(C)C)N(C(C)C)C(C)C. The van der Waals surface area contributed by atoms with Gasteiger partial charge in [0, 0.05) is 36.3 Å². The highest BCUT2D eigenvalue weighted by atomic mass is 15.6. The molecule has 0 aliphatic heterocycles. The first kappa shape index (κ1) is 23.9. The Labute approximate surface area is 153 Å². The zero-order valence-electron chi connectivity index (χ0n) is 18.7. The third kappa shape index (κ3) is 4.74. The molecular formula is C21H46N3. The minimum absolute atomic E-state index is 0.188. The van der Waals surface area contributed by atoms with Gasteiger partial charge in [-0.25, -0.2) is 0 Å². The number of hydrogen-bond acceptors (Lipinski definition) is 3. The van der Waals surface area contributed by atoms with E-state index in [4.69, 9.17) is 0 Å². The molecule has 0 spiro atoms. The van der Waals surface area contributed by atoms with Crippen molar-refractivity contribution < 1.29 is 0 Å². The molecule has 3 heteroatoms. The van der Waals surface area contributed by atoms with Gasteiger partial charge in [0.25, 0.3) is 0 Å². The predicted molar refractivity (Wildman–Crippen MR) is 109 cm³/mol. The van der Waals surface area contributed by atoms with Gasteiger partial charge in [-0.15, -0.1) is 0 Å². The van der Waals surface area contributed by atoms with E-state index in [1.54, 1.807) is 0 Å². The van der Waals surface area contributed by atoms with E-state index in [0.717, 1.165) is 6.42 Å². The zero-order valence-corrected chi connectivity index (χ0v) is 18.7. The molecule has 145 valence electrons. The second kappa shape index (κ2) is 9.54. The molecule has 0 N–H and O–H groups in total. The van der Waals surface area contributed by atoms with E-state index in [2.05, 4.69) is 105 Å². The van der Waals surface area contributed by atoms with Crippen LogP contribution in [0.3, 0.4) is 0 Å². The van der Waals surface area contributed by atoms with E-state index >= 15 is 0 Å². The summed E-state index contributed by atoms with van der Waals surface area (Å²) in [4.78, 5) is 8.04. The van der Waals surface area contributed by atoms with Gasteiger partial charge in [-0.05, 0) is 96.4 Å². The van der Waals surface area contributed by atoms with Crippen molar-refractivity contribution in [2.45, 2.75) is 132 Å². The summed E-state index contributed by atoms with van der Waals surface area (Å²) in [6.07, 6.45) is 0.843. The largest absolute Gasteiger partial charge is 0.268 e. The maximum absolute atomic E-state index is 4.49. The molecular weight excluding hydrogens is 294 g/mol. The Morgan fingerprint density at radius 3 is 0.750 bits per heavy atom. The minimum Gasteiger partial charge on any atom is -0.268 e. The summed E-state index contributed by atoms with van der Waals surface area (Å²) >= 11 is 0. The van der Waals surface area contributed by atoms with Crippen molar-refractivity contribution >= 4 is 0 Å². The Morgan fingerprint density at radius 1 is 0.500 bits per heavy atom. The van der Waals surface area contributed by atoms with Gasteiger partial charge in [0.15, 0.2) is 0 Å². The van der Waals surface area contributed by atoms with Gasteiger partial charge in [0.2, 0.25) is 0 Å². The number of nitrogens with zero attached hydrogens (tertiary/aromatic N) is 3. The van der Waals surface area contributed by atoms with Crippen LogP contribution >= 0.6 is 0 Å². The van der Waals surface area contributed by atoms with E-state index < -0.39 is 0 Å². The smallest absolute Gasteiger partial charge is 0.132 e. The third-order valence-corrected chi connectivity index (χ3v) is 4.91. The highest BCUT2D eigenvalue weighted by Gasteiger charge is 2.51. The predicted octanol–water partition coefficient (Wildman–Crippen LogP) is 5.22. The molecule has 24 heavy (non-hydrogen) atoms. The van der Waals surface area contributed by atoms with Crippen LogP contribution in [-0.4, -0.2) is 56.7 Å². The quantitative estimate of drug-likeness (QED) is 0.505. The first-order valence-electron chi connectivity index (χ1n) is 10.0. The molecule has 0 atom stereocenters. The molecule has 0 aromatic carbocycles. The fourth-order valence-corrected chi connectivity index (χ4v) is 5.06. The molecule has 0 aliphatic rings. The lowest BCUT2D eigenvalue weighted by Crippen LogP contribution is -2.77. The van der Waals surface area contributed by atoms with Crippen LogP contribution in [0.5, 0.6) is 0 Å². The van der Waals surface area contributed by atoms with Crippen molar-refractivity contribution in [3.8, 4) is 0 Å². The van der Waals surface area contributed by atoms with E-state index in [1.807, 2.05) is 0 Å². The van der Waals surface area contributed by atoms with Crippen molar-refractivity contribution in [2.75, 3.05) is 0 Å². The van der Waals surface area contributed by atoms with Crippen LogP contribution in [0, 0.1) is 6.92 Å². The lowest BCUT2D eigenvalue weighted by molar-refractivity contribution is -0.230. The second-order valence-electron chi connectivity index (χ2n) is 8.81. The lowest BCUT2D eigenvalue weighted by atomic mass is 9.97. The van der Waals surface area contributed by atoms with Crippen LogP contribution in [0.15, 0.2) is 0 Å². The topological polar surface area (TPSA) is 9.72 Å². The number of hydrogen-bond donors (Lipinski definition) is 0. The molecule has 0 unspecified atom stereocenters. The van der Waals surface area contributed by atoms with Crippen molar-refractivity contribution in [1.82, 2.24) is 14.7 Å². The van der Waals surface area contributed by atoms with Crippen LogP contribution in [0.25, 0.3) is 0 Å². The van der Waals surface area contributed by atoms with Gasteiger partial charge in [-0.1, -0.05) is 0 Å². The molecule has 0 saturated heterocycles. The molecule has 0 fully saturated rings. The summed E-state index contributed by atoms with van der Waals surface area (Å²) in [5.41, 5.74) is 0. The van der Waals surface area contributed by atoms with Crippen LogP contribution < -0.4 is 0 Å². The van der Waals surface area contributed by atoms with Gasteiger partial charge in [0.05, 0.1) is 0 Å². The fourth-order valence-electron chi connectivity index (χ4n) is 5.06. The molecule has 0 rings (SSSR count). The van der Waals surface area contributed by atoms with Crippen molar-refractivity contribution in [1.29, 1.82) is 0 Å². The Morgan fingerprint density at radius 2 is 0.667 bits per heavy atom. The normalized spacial score (nSPS) is 14.2. The monoisotopic (exact) mass is 340 g/mol. The maximum atomic E-state index is 4.49. The summed E-state index contributed by atoms with van der Waals surface area (Å²) in [5.74, 6) is -0.188. The minimum atomic E-state index is -0.188. The molecule has 1 radical (unpaired) electrons. The Balaban J connectivity index is 6.70. The Hall–Kier alpha value is -0.120. The Bertz CT molecular complexity index is 271. The van der Waals surface area contributed by atoms with Crippen molar-refractivity contribution in [3.05, 3.63) is 6.92 Å². The van der Waals surface area contributed by atoms with Crippen LogP contribution in [0.1, 0.15) is 89.5 Å². The Kier molecular flexibility index (Phi) is 9.49. The lowest BCUT2D eigenvalue weighted by Gasteiger charge is -2.63.